The number of carbonyl (C=O) groups is 1. The molecule has 178 valence electrons. The van der Waals surface area contributed by atoms with Crippen molar-refractivity contribution < 1.29 is 14.3 Å². The molecule has 6 nitrogen and oxygen atoms in total. The minimum atomic E-state index is -0.424. The SMILES string of the molecule is O=C(C=Cc1ccc(-c2ccc(Cl)cc2)o1)NC(=S)Nc1ccc(-c2nc3ccccc3s2)c(O)c1. The smallest absolute Gasteiger partial charge is 0.250 e. The molecule has 0 saturated carbocycles. The van der Waals surface area contributed by atoms with Crippen LogP contribution >= 0.6 is 35.2 Å². The van der Waals surface area contributed by atoms with Crippen LogP contribution < -0.4 is 10.6 Å². The Kier molecular flexibility index (Phi) is 6.81. The van der Waals surface area contributed by atoms with Crippen LogP contribution in [0, 0.1) is 0 Å². The summed E-state index contributed by atoms with van der Waals surface area (Å²) in [5, 5.41) is 17.5. The number of carbonyl (C=O) groups excluding carboxylic acids is 1. The Morgan fingerprint density at radius 2 is 1.86 bits per heavy atom. The highest BCUT2D eigenvalue weighted by Gasteiger charge is 2.12. The van der Waals surface area contributed by atoms with Crippen molar-refractivity contribution >= 4 is 68.2 Å². The first-order chi connectivity index (χ1) is 17.4. The third-order valence-corrected chi connectivity index (χ3v) is 6.70. The minimum absolute atomic E-state index is 0.0578. The van der Waals surface area contributed by atoms with Gasteiger partial charge in [-0.15, -0.1) is 11.3 Å². The molecule has 5 rings (SSSR count). The molecule has 0 atom stereocenters. The molecule has 0 fully saturated rings. The summed E-state index contributed by atoms with van der Waals surface area (Å²) in [5.74, 6) is 0.817. The lowest BCUT2D eigenvalue weighted by atomic mass is 10.2. The Bertz CT molecular complexity index is 1570. The number of phenols is 1. The monoisotopic (exact) mass is 531 g/mol. The van der Waals surface area contributed by atoms with E-state index in [0.29, 0.717) is 27.8 Å². The molecule has 3 aromatic carbocycles. The lowest BCUT2D eigenvalue weighted by Crippen LogP contribution is -2.32. The molecule has 9 heteroatoms. The van der Waals surface area contributed by atoms with Crippen molar-refractivity contribution in [3.8, 4) is 27.6 Å². The number of furan rings is 1. The first kappa shape index (κ1) is 23.7. The predicted molar refractivity (Wildman–Crippen MR) is 149 cm³/mol. The molecule has 1 amide bonds. The number of nitrogens with zero attached hydrogens (tertiary/aromatic N) is 1. The van der Waals surface area contributed by atoms with Gasteiger partial charge in [-0.2, -0.15) is 0 Å². The Morgan fingerprint density at radius 3 is 2.64 bits per heavy atom. The minimum Gasteiger partial charge on any atom is -0.507 e. The average molecular weight is 532 g/mol. The van der Waals surface area contributed by atoms with E-state index in [1.807, 2.05) is 42.5 Å². The highest BCUT2D eigenvalue weighted by atomic mass is 35.5. The second-order valence-electron chi connectivity index (χ2n) is 7.70. The maximum absolute atomic E-state index is 12.3. The summed E-state index contributed by atoms with van der Waals surface area (Å²) >= 11 is 12.7. The van der Waals surface area contributed by atoms with Crippen LogP contribution in [0.15, 0.2) is 89.4 Å². The van der Waals surface area contributed by atoms with Crippen molar-refractivity contribution in [1.82, 2.24) is 10.3 Å². The number of thiazole rings is 1. The van der Waals surface area contributed by atoms with Gasteiger partial charge in [0.15, 0.2) is 5.11 Å². The maximum Gasteiger partial charge on any atom is 0.250 e. The third kappa shape index (κ3) is 5.46. The molecule has 0 aliphatic heterocycles. The van der Waals surface area contributed by atoms with E-state index in [1.54, 1.807) is 36.4 Å². The molecule has 2 aromatic heterocycles. The molecule has 3 N–H and O–H groups in total. The fraction of sp³-hybridized carbons (Fsp3) is 0. The van der Waals surface area contributed by atoms with Gasteiger partial charge in [-0.05, 0) is 79.0 Å². The largest absolute Gasteiger partial charge is 0.507 e. The quantitative estimate of drug-likeness (QED) is 0.165. The van der Waals surface area contributed by atoms with Crippen molar-refractivity contribution in [1.29, 1.82) is 0 Å². The van der Waals surface area contributed by atoms with Gasteiger partial charge in [0.2, 0.25) is 5.91 Å². The van der Waals surface area contributed by atoms with Gasteiger partial charge in [0, 0.05) is 28.4 Å². The van der Waals surface area contributed by atoms with Crippen LogP contribution in [0.4, 0.5) is 5.69 Å². The Balaban J connectivity index is 1.19. The van der Waals surface area contributed by atoms with Gasteiger partial charge >= 0.3 is 0 Å². The van der Waals surface area contributed by atoms with Crippen molar-refractivity contribution in [2.75, 3.05) is 5.32 Å². The third-order valence-electron chi connectivity index (χ3n) is 5.17. The van der Waals surface area contributed by atoms with Crippen LogP contribution in [0.5, 0.6) is 5.75 Å². The van der Waals surface area contributed by atoms with Crippen LogP contribution in [0.25, 0.3) is 38.2 Å². The van der Waals surface area contributed by atoms with E-state index in [9.17, 15) is 9.90 Å². The Hall–Kier alpha value is -3.98. The van der Waals surface area contributed by atoms with Crippen LogP contribution in [-0.2, 0) is 4.79 Å². The number of nitrogens with one attached hydrogen (secondary N) is 2. The van der Waals surface area contributed by atoms with Crippen LogP contribution in [0.3, 0.4) is 0 Å². The molecular weight excluding hydrogens is 514 g/mol. The van der Waals surface area contributed by atoms with Gasteiger partial charge in [0.05, 0.1) is 15.8 Å². The molecular formula is C27H18ClN3O3S2. The Morgan fingerprint density at radius 1 is 1.06 bits per heavy atom. The van der Waals surface area contributed by atoms with Crippen molar-refractivity contribution in [3.63, 3.8) is 0 Å². The number of para-hydroxylation sites is 1. The summed E-state index contributed by atoms with van der Waals surface area (Å²) in [6, 6.07) is 23.7. The molecule has 5 aromatic rings. The van der Waals surface area contributed by atoms with Crippen molar-refractivity contribution in [2.24, 2.45) is 0 Å². The fourth-order valence-corrected chi connectivity index (χ4v) is 4.81. The molecule has 0 radical (unpaired) electrons. The number of benzene rings is 3. The van der Waals surface area contributed by atoms with E-state index in [0.717, 1.165) is 20.8 Å². The number of amides is 1. The van der Waals surface area contributed by atoms with E-state index >= 15 is 0 Å². The predicted octanol–water partition coefficient (Wildman–Crippen LogP) is 7.11. The van der Waals surface area contributed by atoms with E-state index in [-0.39, 0.29) is 10.9 Å². The van der Waals surface area contributed by atoms with E-state index in [4.69, 9.17) is 28.2 Å². The zero-order valence-electron chi connectivity index (χ0n) is 18.6. The molecule has 2 heterocycles. The number of phenolic OH excluding ortho intramolecular Hbond substituents is 1. The number of aromatic nitrogens is 1. The number of aromatic hydroxyl groups is 1. The molecule has 36 heavy (non-hydrogen) atoms. The van der Waals surface area contributed by atoms with Crippen LogP contribution in [0.2, 0.25) is 5.02 Å². The van der Waals surface area contributed by atoms with Gasteiger partial charge in [-0.25, -0.2) is 4.98 Å². The molecule has 0 saturated heterocycles. The number of fused-ring (bicyclic) bond motifs is 1. The zero-order valence-corrected chi connectivity index (χ0v) is 21.0. The zero-order chi connectivity index (χ0) is 25.1. The Labute approximate surface area is 220 Å². The van der Waals surface area contributed by atoms with Crippen molar-refractivity contribution in [3.05, 3.63) is 95.7 Å². The average Bonchev–Trinajstić information content (AvgIpc) is 3.50. The summed E-state index contributed by atoms with van der Waals surface area (Å²) in [6.07, 6.45) is 2.88. The highest BCUT2D eigenvalue weighted by Crippen LogP contribution is 2.36. The van der Waals surface area contributed by atoms with Crippen LogP contribution in [-0.4, -0.2) is 21.1 Å². The van der Waals surface area contributed by atoms with Gasteiger partial charge in [0.25, 0.3) is 0 Å². The van der Waals surface area contributed by atoms with Gasteiger partial charge < -0.3 is 14.8 Å². The van der Waals surface area contributed by atoms with Crippen molar-refractivity contribution in [2.45, 2.75) is 0 Å². The summed E-state index contributed by atoms with van der Waals surface area (Å²) in [7, 11) is 0. The summed E-state index contributed by atoms with van der Waals surface area (Å²) in [4.78, 5) is 16.9. The molecule has 0 spiro atoms. The summed E-state index contributed by atoms with van der Waals surface area (Å²) in [5.41, 5.74) is 2.92. The fourth-order valence-electron chi connectivity index (χ4n) is 3.46. The molecule has 0 bridgehead atoms. The first-order valence-corrected chi connectivity index (χ1v) is 12.4. The van der Waals surface area contributed by atoms with Gasteiger partial charge in [-0.1, -0.05) is 23.7 Å². The lowest BCUT2D eigenvalue weighted by Gasteiger charge is -2.09. The van der Waals surface area contributed by atoms with Gasteiger partial charge in [0.1, 0.15) is 22.3 Å². The van der Waals surface area contributed by atoms with Gasteiger partial charge in [-0.3, -0.25) is 10.1 Å². The van der Waals surface area contributed by atoms with E-state index in [2.05, 4.69) is 15.6 Å². The van der Waals surface area contributed by atoms with E-state index < -0.39 is 5.91 Å². The molecule has 0 aliphatic rings. The normalized spacial score (nSPS) is 11.1. The number of thiocarbonyl (C=S) groups is 1. The second-order valence-corrected chi connectivity index (χ2v) is 9.58. The number of hydrogen-bond donors (Lipinski definition) is 3. The number of anilines is 1. The molecule has 0 unspecified atom stereocenters. The standard InChI is InChI=1S/C27H18ClN3O3S2/c28-17-7-5-16(6-8-17)23-13-10-19(34-23)11-14-25(33)31-27(35)29-18-9-12-20(22(32)15-18)26-30-21-3-1-2-4-24(21)36-26/h1-15,32H,(H2,29,31,33,35). The van der Waals surface area contributed by atoms with E-state index in [1.165, 1.54) is 23.5 Å². The van der Waals surface area contributed by atoms with Crippen LogP contribution in [0.1, 0.15) is 5.76 Å². The topological polar surface area (TPSA) is 87.4 Å². The highest BCUT2D eigenvalue weighted by molar-refractivity contribution is 7.80. The maximum atomic E-state index is 12.3. The first-order valence-electron chi connectivity index (χ1n) is 10.8. The molecule has 0 aliphatic carbocycles. The second kappa shape index (κ2) is 10.3. The number of hydrogen-bond acceptors (Lipinski definition) is 6. The summed E-state index contributed by atoms with van der Waals surface area (Å²) in [6.45, 7) is 0. The lowest BCUT2D eigenvalue weighted by molar-refractivity contribution is -0.115. The number of rotatable bonds is 5. The summed E-state index contributed by atoms with van der Waals surface area (Å²) < 4.78 is 6.79. The number of halogens is 1.